The van der Waals surface area contributed by atoms with Gasteiger partial charge in [-0.15, -0.1) is 0 Å². The number of carbonyl (C=O) groups is 1. The van der Waals surface area contributed by atoms with Gasteiger partial charge >= 0.3 is 6.61 Å². The van der Waals surface area contributed by atoms with Crippen LogP contribution in [0.15, 0.2) is 18.2 Å². The second-order valence-corrected chi connectivity index (χ2v) is 3.11. The summed E-state index contributed by atoms with van der Waals surface area (Å²) in [5.74, 6) is 0.0160. The molecular weight excluding hydrogens is 202 g/mol. The van der Waals surface area contributed by atoms with E-state index in [4.69, 9.17) is 0 Å². The maximum Gasteiger partial charge on any atom is 0.387 e. The standard InChI is InChI=1S/C11H12F2O2/c1-3-8-6-9(15-11(12)13)4-5-10(8)7(2)14/h4-6,11H,3H2,1-2H3. The first kappa shape index (κ1) is 11.6. The molecule has 0 heterocycles. The number of ketones is 1. The first-order valence-corrected chi connectivity index (χ1v) is 4.63. The van der Waals surface area contributed by atoms with Crippen LogP contribution in [0.4, 0.5) is 8.78 Å². The van der Waals surface area contributed by atoms with Crippen LogP contribution in [0.3, 0.4) is 0 Å². The van der Waals surface area contributed by atoms with Gasteiger partial charge in [0.25, 0.3) is 0 Å². The van der Waals surface area contributed by atoms with Crippen LogP contribution in [0.5, 0.6) is 5.75 Å². The van der Waals surface area contributed by atoms with Crippen molar-refractivity contribution in [1.29, 1.82) is 0 Å². The topological polar surface area (TPSA) is 26.3 Å². The molecule has 0 aliphatic heterocycles. The van der Waals surface area contributed by atoms with Crippen molar-refractivity contribution in [2.24, 2.45) is 0 Å². The van der Waals surface area contributed by atoms with E-state index in [1.807, 2.05) is 6.92 Å². The summed E-state index contributed by atoms with van der Waals surface area (Å²) in [7, 11) is 0. The zero-order chi connectivity index (χ0) is 11.4. The van der Waals surface area contributed by atoms with Gasteiger partial charge in [-0.3, -0.25) is 4.79 Å². The Morgan fingerprint density at radius 3 is 2.60 bits per heavy atom. The van der Waals surface area contributed by atoms with Gasteiger partial charge in [0.05, 0.1) is 0 Å². The van der Waals surface area contributed by atoms with Gasteiger partial charge in [-0.1, -0.05) is 6.92 Å². The molecule has 0 spiro atoms. The van der Waals surface area contributed by atoms with Gasteiger partial charge in [0, 0.05) is 5.56 Å². The van der Waals surface area contributed by atoms with Crippen molar-refractivity contribution in [2.75, 3.05) is 0 Å². The van der Waals surface area contributed by atoms with Crippen molar-refractivity contribution < 1.29 is 18.3 Å². The molecule has 0 unspecified atom stereocenters. The van der Waals surface area contributed by atoms with Crippen LogP contribution in [-0.2, 0) is 6.42 Å². The van der Waals surface area contributed by atoms with Crippen molar-refractivity contribution in [3.05, 3.63) is 29.3 Å². The second kappa shape index (κ2) is 4.87. The number of ether oxygens (including phenoxy) is 1. The van der Waals surface area contributed by atoms with Crippen LogP contribution in [-0.4, -0.2) is 12.4 Å². The average Bonchev–Trinajstić information content (AvgIpc) is 2.16. The molecule has 0 aliphatic rings. The second-order valence-electron chi connectivity index (χ2n) is 3.11. The quantitative estimate of drug-likeness (QED) is 0.720. The van der Waals surface area contributed by atoms with Gasteiger partial charge < -0.3 is 4.74 Å². The zero-order valence-electron chi connectivity index (χ0n) is 8.59. The first-order chi connectivity index (χ1) is 7.04. The molecule has 1 aromatic carbocycles. The highest BCUT2D eigenvalue weighted by Gasteiger charge is 2.09. The number of rotatable bonds is 4. The summed E-state index contributed by atoms with van der Waals surface area (Å²) in [6, 6.07) is 4.36. The fourth-order valence-electron chi connectivity index (χ4n) is 1.38. The van der Waals surface area contributed by atoms with Crippen LogP contribution in [0.25, 0.3) is 0 Å². The van der Waals surface area contributed by atoms with Crippen molar-refractivity contribution in [2.45, 2.75) is 26.9 Å². The largest absolute Gasteiger partial charge is 0.435 e. The number of aryl methyl sites for hydroxylation is 1. The summed E-state index contributed by atoms with van der Waals surface area (Å²) >= 11 is 0. The van der Waals surface area contributed by atoms with Crippen LogP contribution < -0.4 is 4.74 Å². The molecule has 0 radical (unpaired) electrons. The number of hydrogen-bond acceptors (Lipinski definition) is 2. The maximum absolute atomic E-state index is 11.9. The zero-order valence-corrected chi connectivity index (χ0v) is 8.59. The molecule has 82 valence electrons. The molecule has 0 atom stereocenters. The molecule has 0 saturated heterocycles. The van der Waals surface area contributed by atoms with Crippen LogP contribution in [0, 0.1) is 0 Å². The summed E-state index contributed by atoms with van der Waals surface area (Å²) in [6.45, 7) is 0.466. The highest BCUT2D eigenvalue weighted by atomic mass is 19.3. The van der Waals surface area contributed by atoms with E-state index in [1.54, 1.807) is 0 Å². The van der Waals surface area contributed by atoms with E-state index < -0.39 is 6.61 Å². The normalized spacial score (nSPS) is 10.5. The number of halogens is 2. The Bertz CT molecular complexity index is 362. The molecule has 0 bridgehead atoms. The number of benzene rings is 1. The predicted molar refractivity (Wildman–Crippen MR) is 52.5 cm³/mol. The minimum Gasteiger partial charge on any atom is -0.435 e. The molecule has 2 nitrogen and oxygen atoms in total. The Morgan fingerprint density at radius 2 is 2.13 bits per heavy atom. The average molecular weight is 214 g/mol. The maximum atomic E-state index is 11.9. The molecule has 0 saturated carbocycles. The Morgan fingerprint density at radius 1 is 1.47 bits per heavy atom. The van der Waals surface area contributed by atoms with E-state index in [0.717, 1.165) is 5.56 Å². The number of hydrogen-bond donors (Lipinski definition) is 0. The molecule has 0 aromatic heterocycles. The van der Waals surface area contributed by atoms with E-state index in [9.17, 15) is 13.6 Å². The van der Waals surface area contributed by atoms with E-state index in [-0.39, 0.29) is 11.5 Å². The molecule has 0 amide bonds. The lowest BCUT2D eigenvalue weighted by atomic mass is 10.0. The fraction of sp³-hybridized carbons (Fsp3) is 0.364. The lowest BCUT2D eigenvalue weighted by Crippen LogP contribution is -2.04. The molecule has 15 heavy (non-hydrogen) atoms. The van der Waals surface area contributed by atoms with E-state index in [2.05, 4.69) is 4.74 Å². The lowest BCUT2D eigenvalue weighted by Gasteiger charge is -2.08. The summed E-state index contributed by atoms with van der Waals surface area (Å²) in [4.78, 5) is 11.2. The Kier molecular flexibility index (Phi) is 3.77. The Labute approximate surface area is 86.9 Å². The van der Waals surface area contributed by atoms with Crippen LogP contribution in [0.2, 0.25) is 0 Å². The summed E-state index contributed by atoms with van der Waals surface area (Å²) in [6.07, 6.45) is 0.606. The van der Waals surface area contributed by atoms with Gasteiger partial charge in [-0.25, -0.2) is 0 Å². The van der Waals surface area contributed by atoms with Gasteiger partial charge in [0.15, 0.2) is 5.78 Å². The molecular formula is C11H12F2O2. The summed E-state index contributed by atoms with van der Waals surface area (Å²) < 4.78 is 28.1. The Hall–Kier alpha value is -1.45. The Balaban J connectivity index is 3.02. The van der Waals surface area contributed by atoms with Crippen LogP contribution >= 0.6 is 0 Å². The molecule has 0 N–H and O–H groups in total. The molecule has 1 aromatic rings. The van der Waals surface area contributed by atoms with Crippen molar-refractivity contribution in [3.63, 3.8) is 0 Å². The summed E-state index contributed by atoms with van der Waals surface area (Å²) in [5, 5.41) is 0. The van der Waals surface area contributed by atoms with E-state index in [1.165, 1.54) is 25.1 Å². The third kappa shape index (κ3) is 3.01. The lowest BCUT2D eigenvalue weighted by molar-refractivity contribution is -0.0498. The number of Topliss-reactive ketones (excluding diaryl/α,β-unsaturated/α-hetero) is 1. The minimum absolute atomic E-state index is 0.0737. The van der Waals surface area contributed by atoms with Gasteiger partial charge in [0.1, 0.15) is 5.75 Å². The van der Waals surface area contributed by atoms with Crippen molar-refractivity contribution >= 4 is 5.78 Å². The SMILES string of the molecule is CCc1cc(OC(F)F)ccc1C(C)=O. The molecule has 0 fully saturated rings. The number of alkyl halides is 2. The van der Waals surface area contributed by atoms with Crippen LogP contribution in [0.1, 0.15) is 29.8 Å². The van der Waals surface area contributed by atoms with Gasteiger partial charge in [0.2, 0.25) is 0 Å². The van der Waals surface area contributed by atoms with Gasteiger partial charge in [-0.2, -0.15) is 8.78 Å². The minimum atomic E-state index is -2.84. The van der Waals surface area contributed by atoms with Crippen molar-refractivity contribution in [1.82, 2.24) is 0 Å². The van der Waals surface area contributed by atoms with E-state index >= 15 is 0 Å². The molecule has 4 heteroatoms. The van der Waals surface area contributed by atoms with Crippen molar-refractivity contribution in [3.8, 4) is 5.75 Å². The number of carbonyl (C=O) groups excluding carboxylic acids is 1. The summed E-state index contributed by atoms with van der Waals surface area (Å²) in [5.41, 5.74) is 1.28. The smallest absolute Gasteiger partial charge is 0.387 e. The van der Waals surface area contributed by atoms with E-state index in [0.29, 0.717) is 12.0 Å². The monoisotopic (exact) mass is 214 g/mol. The highest BCUT2D eigenvalue weighted by molar-refractivity contribution is 5.95. The fourth-order valence-corrected chi connectivity index (χ4v) is 1.38. The third-order valence-electron chi connectivity index (χ3n) is 2.06. The van der Waals surface area contributed by atoms with Gasteiger partial charge in [-0.05, 0) is 37.1 Å². The predicted octanol–water partition coefficient (Wildman–Crippen LogP) is 3.05. The first-order valence-electron chi connectivity index (χ1n) is 4.63. The molecule has 1 rings (SSSR count). The third-order valence-corrected chi connectivity index (χ3v) is 2.06. The molecule has 0 aliphatic carbocycles. The highest BCUT2D eigenvalue weighted by Crippen LogP contribution is 2.20.